The molecule has 6 nitrogen and oxygen atoms in total. The predicted molar refractivity (Wildman–Crippen MR) is 76.5 cm³/mol. The maximum absolute atomic E-state index is 4.99. The molecule has 0 fully saturated rings. The lowest BCUT2D eigenvalue weighted by molar-refractivity contribution is 0.200. The van der Waals surface area contributed by atoms with Crippen LogP contribution in [0.15, 0.2) is 18.6 Å². The molecule has 2 aromatic heterocycles. The van der Waals surface area contributed by atoms with Gasteiger partial charge in [0.15, 0.2) is 5.82 Å². The number of ether oxygens (including phenoxy) is 1. The molecule has 0 bridgehead atoms. The topological polar surface area (TPSA) is 55.2 Å². The van der Waals surface area contributed by atoms with Crippen LogP contribution in [-0.2, 0) is 11.8 Å². The first-order valence-electron chi connectivity index (χ1n) is 6.41. The lowest BCUT2D eigenvalue weighted by Gasteiger charge is -2.18. The number of hydrogen-bond acceptors (Lipinski definition) is 5. The Hall–Kier alpha value is -1.66. The molecule has 0 aliphatic carbocycles. The quantitative estimate of drug-likeness (QED) is 0.743. The molecule has 0 spiro atoms. The summed E-state index contributed by atoms with van der Waals surface area (Å²) in [5, 5.41) is 3.32. The maximum Gasteiger partial charge on any atom is 0.156 e. The van der Waals surface area contributed by atoms with E-state index in [0.29, 0.717) is 0 Å². The van der Waals surface area contributed by atoms with E-state index < -0.39 is 0 Å². The van der Waals surface area contributed by atoms with Crippen molar-refractivity contribution in [1.29, 1.82) is 0 Å². The molecule has 6 heteroatoms. The number of imidazole rings is 1. The Morgan fingerprint density at radius 3 is 3.00 bits per heavy atom. The number of rotatable bonds is 7. The molecule has 0 aliphatic heterocycles. The average Bonchev–Trinajstić information content (AvgIpc) is 2.80. The zero-order valence-electron chi connectivity index (χ0n) is 11.8. The Morgan fingerprint density at radius 2 is 2.21 bits per heavy atom. The second-order valence-electron chi connectivity index (χ2n) is 4.52. The highest BCUT2D eigenvalue weighted by Crippen LogP contribution is 2.20. The van der Waals surface area contributed by atoms with Crippen LogP contribution >= 0.6 is 0 Å². The Morgan fingerprint density at radius 1 is 1.37 bits per heavy atom. The summed E-state index contributed by atoms with van der Waals surface area (Å²) in [7, 11) is 5.74. The Labute approximate surface area is 113 Å². The molecule has 104 valence electrons. The molecule has 0 aliphatic rings. The average molecular weight is 263 g/mol. The molecule has 0 saturated carbocycles. The number of hydrogen-bond donors (Lipinski definition) is 1. The second-order valence-corrected chi connectivity index (χ2v) is 4.52. The van der Waals surface area contributed by atoms with Crippen molar-refractivity contribution in [3.63, 3.8) is 0 Å². The number of nitrogens with zero attached hydrogens (tertiary/aromatic N) is 4. The number of nitrogens with one attached hydrogen (secondary N) is 1. The number of aryl methyl sites for hydroxylation is 1. The number of aromatic nitrogens is 3. The standard InChI is InChI=1S/C13H21N5O/c1-17(8-6-14-7-9-19-3)13-12-11(4-5-15-13)18(2)10-16-12/h4-5,10,14H,6-9H2,1-3H3. The molecule has 0 amide bonds. The summed E-state index contributed by atoms with van der Waals surface area (Å²) in [4.78, 5) is 11.0. The van der Waals surface area contributed by atoms with Gasteiger partial charge in [-0.15, -0.1) is 0 Å². The van der Waals surface area contributed by atoms with Crippen molar-refractivity contribution in [2.45, 2.75) is 0 Å². The van der Waals surface area contributed by atoms with Gasteiger partial charge < -0.3 is 19.5 Å². The monoisotopic (exact) mass is 263 g/mol. The van der Waals surface area contributed by atoms with Crippen molar-refractivity contribution in [3.8, 4) is 0 Å². The third-order valence-corrected chi connectivity index (χ3v) is 3.09. The van der Waals surface area contributed by atoms with E-state index in [-0.39, 0.29) is 0 Å². The second kappa shape index (κ2) is 6.49. The summed E-state index contributed by atoms with van der Waals surface area (Å²) in [5.41, 5.74) is 2.05. The normalized spacial score (nSPS) is 11.1. The third-order valence-electron chi connectivity index (χ3n) is 3.09. The molecule has 19 heavy (non-hydrogen) atoms. The largest absolute Gasteiger partial charge is 0.383 e. The van der Waals surface area contributed by atoms with E-state index in [0.717, 1.165) is 43.1 Å². The minimum absolute atomic E-state index is 0.734. The van der Waals surface area contributed by atoms with Crippen LogP contribution in [0.1, 0.15) is 0 Å². The van der Waals surface area contributed by atoms with E-state index in [1.54, 1.807) is 7.11 Å². The first-order chi connectivity index (χ1) is 9.24. The summed E-state index contributed by atoms with van der Waals surface area (Å²) in [6.45, 7) is 3.38. The third kappa shape index (κ3) is 3.21. The molecule has 0 unspecified atom stereocenters. The lowest BCUT2D eigenvalue weighted by atomic mass is 10.3. The molecule has 0 aromatic carbocycles. The molecule has 0 saturated heterocycles. The van der Waals surface area contributed by atoms with Gasteiger partial charge in [-0.05, 0) is 6.07 Å². The van der Waals surface area contributed by atoms with Crippen LogP contribution in [-0.4, -0.2) is 54.9 Å². The molecule has 2 heterocycles. The van der Waals surface area contributed by atoms with Gasteiger partial charge in [0.25, 0.3) is 0 Å². The summed E-state index contributed by atoms with van der Waals surface area (Å²) < 4.78 is 7.00. The summed E-state index contributed by atoms with van der Waals surface area (Å²) in [6.07, 6.45) is 3.65. The van der Waals surface area contributed by atoms with Crippen molar-refractivity contribution in [1.82, 2.24) is 19.9 Å². The van der Waals surface area contributed by atoms with E-state index in [1.165, 1.54) is 0 Å². The van der Waals surface area contributed by atoms with E-state index in [4.69, 9.17) is 4.74 Å². The highest BCUT2D eigenvalue weighted by Gasteiger charge is 2.10. The van der Waals surface area contributed by atoms with E-state index in [1.807, 2.05) is 37.3 Å². The van der Waals surface area contributed by atoms with E-state index in [9.17, 15) is 0 Å². The van der Waals surface area contributed by atoms with Gasteiger partial charge in [0, 0.05) is 47.0 Å². The Kier molecular flexibility index (Phi) is 4.70. The van der Waals surface area contributed by atoms with Crippen molar-refractivity contribution >= 4 is 16.9 Å². The van der Waals surface area contributed by atoms with Crippen molar-refractivity contribution in [3.05, 3.63) is 18.6 Å². The summed E-state index contributed by atoms with van der Waals surface area (Å²) in [6, 6.07) is 1.98. The van der Waals surface area contributed by atoms with Gasteiger partial charge in [-0.2, -0.15) is 0 Å². The highest BCUT2D eigenvalue weighted by molar-refractivity contribution is 5.86. The molecule has 2 rings (SSSR count). The minimum atomic E-state index is 0.734. The molecule has 1 N–H and O–H groups in total. The number of fused-ring (bicyclic) bond motifs is 1. The van der Waals surface area contributed by atoms with Gasteiger partial charge in [0.1, 0.15) is 5.52 Å². The van der Waals surface area contributed by atoms with Crippen LogP contribution in [0.2, 0.25) is 0 Å². The van der Waals surface area contributed by atoms with Crippen LogP contribution in [0, 0.1) is 0 Å². The smallest absolute Gasteiger partial charge is 0.156 e. The van der Waals surface area contributed by atoms with Crippen LogP contribution in [0.25, 0.3) is 11.0 Å². The minimum Gasteiger partial charge on any atom is -0.383 e. The first-order valence-corrected chi connectivity index (χ1v) is 6.41. The van der Waals surface area contributed by atoms with Crippen LogP contribution < -0.4 is 10.2 Å². The van der Waals surface area contributed by atoms with Gasteiger partial charge in [-0.1, -0.05) is 0 Å². The zero-order valence-corrected chi connectivity index (χ0v) is 11.8. The van der Waals surface area contributed by atoms with E-state index >= 15 is 0 Å². The molecular weight excluding hydrogens is 242 g/mol. The zero-order chi connectivity index (χ0) is 13.7. The summed E-state index contributed by atoms with van der Waals surface area (Å²) in [5.74, 6) is 0.923. The van der Waals surface area contributed by atoms with Crippen LogP contribution in [0.4, 0.5) is 5.82 Å². The molecule has 0 radical (unpaired) electrons. The molecule has 2 aromatic rings. The van der Waals surface area contributed by atoms with Gasteiger partial charge in [0.2, 0.25) is 0 Å². The first kappa shape index (κ1) is 13.8. The Bertz CT molecular complexity index is 525. The number of pyridine rings is 1. The van der Waals surface area contributed by atoms with E-state index in [2.05, 4.69) is 20.2 Å². The fraction of sp³-hybridized carbons (Fsp3) is 0.538. The van der Waals surface area contributed by atoms with Gasteiger partial charge in [-0.3, -0.25) is 0 Å². The predicted octanol–water partition coefficient (Wildman–Crippen LogP) is 0.640. The highest BCUT2D eigenvalue weighted by atomic mass is 16.5. The number of likely N-dealkylation sites (N-methyl/N-ethyl adjacent to an activating group) is 1. The summed E-state index contributed by atoms with van der Waals surface area (Å²) >= 11 is 0. The fourth-order valence-corrected chi connectivity index (χ4v) is 1.98. The van der Waals surface area contributed by atoms with Crippen molar-refractivity contribution in [2.24, 2.45) is 7.05 Å². The molecule has 0 atom stereocenters. The Balaban J connectivity index is 1.99. The number of methoxy groups -OCH3 is 1. The maximum atomic E-state index is 4.99. The fourth-order valence-electron chi connectivity index (χ4n) is 1.98. The van der Waals surface area contributed by atoms with Crippen LogP contribution in [0.3, 0.4) is 0 Å². The molecular formula is C13H21N5O. The van der Waals surface area contributed by atoms with Gasteiger partial charge >= 0.3 is 0 Å². The SMILES string of the molecule is COCCNCCN(C)c1nccc2c1ncn2C. The lowest BCUT2D eigenvalue weighted by Crippen LogP contribution is -2.31. The van der Waals surface area contributed by atoms with Gasteiger partial charge in [0.05, 0.1) is 18.5 Å². The van der Waals surface area contributed by atoms with Crippen LogP contribution in [0.5, 0.6) is 0 Å². The van der Waals surface area contributed by atoms with Gasteiger partial charge in [-0.25, -0.2) is 9.97 Å². The number of anilines is 1. The van der Waals surface area contributed by atoms with Crippen molar-refractivity contribution in [2.75, 3.05) is 45.3 Å². The van der Waals surface area contributed by atoms with Crippen molar-refractivity contribution < 1.29 is 4.74 Å².